The molecule has 1 aromatic heterocycles. The third-order valence-electron chi connectivity index (χ3n) is 3.00. The molecule has 4 heteroatoms. The molecule has 18 heavy (non-hydrogen) atoms. The van der Waals surface area contributed by atoms with Crippen LogP contribution in [0.25, 0.3) is 0 Å². The Balaban J connectivity index is 2.50. The molecular formula is C14H16FN3. The molecule has 1 aromatic carbocycles. The average molecular weight is 245 g/mol. The highest BCUT2D eigenvalue weighted by Crippen LogP contribution is 2.28. The van der Waals surface area contributed by atoms with Gasteiger partial charge >= 0.3 is 0 Å². The van der Waals surface area contributed by atoms with E-state index >= 15 is 0 Å². The molecule has 0 radical (unpaired) electrons. The first-order valence-corrected chi connectivity index (χ1v) is 5.78. The maximum Gasteiger partial charge on any atom is 0.146 e. The Labute approximate surface area is 106 Å². The van der Waals surface area contributed by atoms with Crippen molar-refractivity contribution in [2.45, 2.75) is 13.5 Å². The van der Waals surface area contributed by atoms with Crippen LogP contribution in [0.5, 0.6) is 0 Å². The summed E-state index contributed by atoms with van der Waals surface area (Å²) in [4.78, 5) is 6.03. The number of benzene rings is 1. The molecule has 0 amide bonds. The molecule has 0 unspecified atom stereocenters. The molecule has 0 aliphatic carbocycles. The Kier molecular flexibility index (Phi) is 3.58. The van der Waals surface area contributed by atoms with Crippen molar-refractivity contribution < 1.29 is 4.39 Å². The number of para-hydroxylation sites is 1. The van der Waals surface area contributed by atoms with Crippen molar-refractivity contribution in [3.8, 4) is 0 Å². The summed E-state index contributed by atoms with van der Waals surface area (Å²) in [7, 11) is 1.79. The first kappa shape index (κ1) is 12.5. The van der Waals surface area contributed by atoms with Gasteiger partial charge in [0.1, 0.15) is 11.6 Å². The molecule has 0 atom stereocenters. The third kappa shape index (κ3) is 2.19. The summed E-state index contributed by atoms with van der Waals surface area (Å²) >= 11 is 0. The van der Waals surface area contributed by atoms with E-state index in [1.807, 2.05) is 13.0 Å². The summed E-state index contributed by atoms with van der Waals surface area (Å²) < 4.78 is 13.8. The Morgan fingerprint density at radius 2 is 2.00 bits per heavy atom. The maximum absolute atomic E-state index is 13.8. The van der Waals surface area contributed by atoms with E-state index in [4.69, 9.17) is 5.73 Å². The van der Waals surface area contributed by atoms with Gasteiger partial charge in [0, 0.05) is 25.4 Å². The number of pyridine rings is 1. The molecule has 0 aliphatic heterocycles. The summed E-state index contributed by atoms with van der Waals surface area (Å²) in [6, 6.07) is 8.53. The van der Waals surface area contributed by atoms with Crippen LogP contribution in [0, 0.1) is 12.7 Å². The van der Waals surface area contributed by atoms with Crippen LogP contribution in [-0.4, -0.2) is 12.0 Å². The zero-order valence-corrected chi connectivity index (χ0v) is 10.5. The number of rotatable bonds is 3. The van der Waals surface area contributed by atoms with E-state index in [9.17, 15) is 4.39 Å². The summed E-state index contributed by atoms with van der Waals surface area (Å²) in [6.07, 6.45) is 1.71. The summed E-state index contributed by atoms with van der Waals surface area (Å²) in [5.74, 6) is 0.425. The Bertz CT molecular complexity index is 554. The molecule has 0 saturated heterocycles. The Hall–Kier alpha value is -1.94. The van der Waals surface area contributed by atoms with Crippen LogP contribution in [0.1, 0.15) is 11.1 Å². The smallest absolute Gasteiger partial charge is 0.146 e. The quantitative estimate of drug-likeness (QED) is 0.904. The van der Waals surface area contributed by atoms with Crippen molar-refractivity contribution in [1.29, 1.82) is 0 Å². The second-order valence-corrected chi connectivity index (χ2v) is 4.14. The van der Waals surface area contributed by atoms with Crippen molar-refractivity contribution in [1.82, 2.24) is 4.98 Å². The van der Waals surface area contributed by atoms with Crippen LogP contribution in [-0.2, 0) is 6.54 Å². The molecule has 0 fully saturated rings. The fourth-order valence-corrected chi connectivity index (χ4v) is 1.95. The fraction of sp³-hybridized carbons (Fsp3) is 0.214. The first-order chi connectivity index (χ1) is 8.65. The van der Waals surface area contributed by atoms with Gasteiger partial charge < -0.3 is 10.6 Å². The largest absolute Gasteiger partial charge is 0.327 e. The van der Waals surface area contributed by atoms with Gasteiger partial charge in [0.2, 0.25) is 0 Å². The lowest BCUT2D eigenvalue weighted by atomic mass is 10.1. The Morgan fingerprint density at radius 3 is 2.67 bits per heavy atom. The highest BCUT2D eigenvalue weighted by atomic mass is 19.1. The van der Waals surface area contributed by atoms with Crippen LogP contribution >= 0.6 is 0 Å². The van der Waals surface area contributed by atoms with Gasteiger partial charge in [-0.05, 0) is 30.7 Å². The summed E-state index contributed by atoms with van der Waals surface area (Å²) in [5, 5.41) is 0. The third-order valence-corrected chi connectivity index (χ3v) is 3.00. The Morgan fingerprint density at radius 1 is 1.28 bits per heavy atom. The predicted molar refractivity (Wildman–Crippen MR) is 71.3 cm³/mol. The lowest BCUT2D eigenvalue weighted by molar-refractivity contribution is 0.627. The van der Waals surface area contributed by atoms with Crippen molar-refractivity contribution in [2.75, 3.05) is 11.9 Å². The molecule has 1 heterocycles. The van der Waals surface area contributed by atoms with Crippen LogP contribution in [0.2, 0.25) is 0 Å². The molecule has 2 aromatic rings. The van der Waals surface area contributed by atoms with E-state index in [0.717, 1.165) is 11.1 Å². The fourth-order valence-electron chi connectivity index (χ4n) is 1.95. The SMILES string of the molecule is Cc1ccnc(N(C)c2ccccc2F)c1CN. The minimum atomic E-state index is -0.272. The highest BCUT2D eigenvalue weighted by molar-refractivity contribution is 5.63. The van der Waals surface area contributed by atoms with Gasteiger partial charge in [-0.1, -0.05) is 12.1 Å². The first-order valence-electron chi connectivity index (χ1n) is 5.78. The van der Waals surface area contributed by atoms with Gasteiger partial charge in [-0.15, -0.1) is 0 Å². The second-order valence-electron chi connectivity index (χ2n) is 4.14. The normalized spacial score (nSPS) is 10.4. The molecule has 3 nitrogen and oxygen atoms in total. The number of nitrogens with two attached hydrogens (primary N) is 1. The molecule has 94 valence electrons. The van der Waals surface area contributed by atoms with E-state index in [1.165, 1.54) is 6.07 Å². The standard InChI is InChI=1S/C14H16FN3/c1-10-7-8-17-14(11(10)9-16)18(2)13-6-4-3-5-12(13)15/h3-8H,9,16H2,1-2H3. The van der Waals surface area contributed by atoms with E-state index in [-0.39, 0.29) is 5.82 Å². The summed E-state index contributed by atoms with van der Waals surface area (Å²) in [6.45, 7) is 2.36. The van der Waals surface area contributed by atoms with Gasteiger partial charge in [0.25, 0.3) is 0 Å². The molecule has 0 saturated carbocycles. The van der Waals surface area contributed by atoms with E-state index < -0.39 is 0 Å². The topological polar surface area (TPSA) is 42.2 Å². The van der Waals surface area contributed by atoms with Crippen LogP contribution in [0.3, 0.4) is 0 Å². The maximum atomic E-state index is 13.8. The second kappa shape index (κ2) is 5.14. The van der Waals surface area contributed by atoms with Crippen molar-refractivity contribution in [3.05, 3.63) is 53.5 Å². The molecule has 2 N–H and O–H groups in total. The number of hydrogen-bond donors (Lipinski definition) is 1. The number of aromatic nitrogens is 1. The van der Waals surface area contributed by atoms with Crippen molar-refractivity contribution in [2.24, 2.45) is 5.73 Å². The van der Waals surface area contributed by atoms with Gasteiger partial charge in [-0.2, -0.15) is 0 Å². The number of nitrogens with zero attached hydrogens (tertiary/aromatic N) is 2. The van der Waals surface area contributed by atoms with Gasteiger partial charge in [0.15, 0.2) is 0 Å². The monoisotopic (exact) mass is 245 g/mol. The molecule has 0 bridgehead atoms. The molecule has 0 spiro atoms. The van der Waals surface area contributed by atoms with Crippen LogP contribution in [0.4, 0.5) is 15.9 Å². The number of aryl methyl sites for hydroxylation is 1. The van der Waals surface area contributed by atoms with Gasteiger partial charge in [0.05, 0.1) is 5.69 Å². The van der Waals surface area contributed by atoms with Gasteiger partial charge in [-0.25, -0.2) is 9.37 Å². The number of anilines is 2. The molecule has 0 aliphatic rings. The van der Waals surface area contributed by atoms with Crippen molar-refractivity contribution in [3.63, 3.8) is 0 Å². The highest BCUT2D eigenvalue weighted by Gasteiger charge is 2.14. The van der Waals surface area contributed by atoms with Gasteiger partial charge in [-0.3, -0.25) is 0 Å². The van der Waals surface area contributed by atoms with E-state index in [2.05, 4.69) is 4.98 Å². The van der Waals surface area contributed by atoms with Crippen molar-refractivity contribution >= 4 is 11.5 Å². The number of halogens is 1. The lowest BCUT2D eigenvalue weighted by Crippen LogP contribution is -2.17. The predicted octanol–water partition coefficient (Wildman–Crippen LogP) is 2.76. The lowest BCUT2D eigenvalue weighted by Gasteiger charge is -2.22. The summed E-state index contributed by atoms with van der Waals surface area (Å²) in [5.41, 5.74) is 8.23. The zero-order valence-electron chi connectivity index (χ0n) is 10.5. The van der Waals surface area contributed by atoms with Crippen LogP contribution < -0.4 is 10.6 Å². The molecular weight excluding hydrogens is 229 g/mol. The minimum absolute atomic E-state index is 0.272. The average Bonchev–Trinajstić information content (AvgIpc) is 2.38. The van der Waals surface area contributed by atoms with E-state index in [0.29, 0.717) is 18.1 Å². The zero-order chi connectivity index (χ0) is 13.1. The van der Waals surface area contributed by atoms with Crippen LogP contribution in [0.15, 0.2) is 36.5 Å². The van der Waals surface area contributed by atoms with E-state index in [1.54, 1.807) is 36.3 Å². The minimum Gasteiger partial charge on any atom is -0.327 e. The molecule has 2 rings (SSSR count). The number of hydrogen-bond acceptors (Lipinski definition) is 3.